The third-order valence-electron chi connectivity index (χ3n) is 6.39. The summed E-state index contributed by atoms with van der Waals surface area (Å²) in [6.45, 7) is 3.95. The molecular weight excluding hydrogens is 372 g/mol. The van der Waals surface area contributed by atoms with Crippen LogP contribution in [-0.2, 0) is 14.3 Å². The molecule has 8 nitrogen and oxygen atoms in total. The van der Waals surface area contributed by atoms with Gasteiger partial charge in [-0.2, -0.15) is 0 Å². The quantitative estimate of drug-likeness (QED) is 0.770. The van der Waals surface area contributed by atoms with E-state index in [0.29, 0.717) is 31.3 Å². The van der Waals surface area contributed by atoms with Gasteiger partial charge >= 0.3 is 6.09 Å². The molecular formula is C21H30N4O4. The minimum Gasteiger partial charge on any atom is -0.441 e. The number of ether oxygens (including phenoxy) is 2. The first kappa shape index (κ1) is 20.1. The molecule has 2 amide bonds. The van der Waals surface area contributed by atoms with Crippen LogP contribution in [0.1, 0.15) is 62.4 Å². The minimum atomic E-state index is -0.346. The molecule has 0 unspecified atom stereocenters. The van der Waals surface area contributed by atoms with Gasteiger partial charge in [-0.3, -0.25) is 9.69 Å². The fourth-order valence-electron chi connectivity index (χ4n) is 4.82. The Hall–Kier alpha value is -2.22. The topological polar surface area (TPSA) is 84.9 Å². The van der Waals surface area contributed by atoms with Crippen molar-refractivity contribution in [2.75, 3.05) is 38.3 Å². The average Bonchev–Trinajstić information content (AvgIpc) is 3.04. The molecule has 2 saturated heterocycles. The summed E-state index contributed by atoms with van der Waals surface area (Å²) in [5.41, 5.74) is 0.602. The Morgan fingerprint density at radius 3 is 2.66 bits per heavy atom. The number of aromatic nitrogens is 2. The molecule has 1 saturated carbocycles. The van der Waals surface area contributed by atoms with Crippen molar-refractivity contribution < 1.29 is 19.1 Å². The van der Waals surface area contributed by atoms with Gasteiger partial charge in [-0.1, -0.05) is 6.42 Å². The Balaban J connectivity index is 1.47. The number of nitrogens with zero attached hydrogens (tertiary/aromatic N) is 4. The first-order chi connectivity index (χ1) is 14.0. The fraction of sp³-hybridized carbons (Fsp3) is 0.714. The highest BCUT2D eigenvalue weighted by Gasteiger charge is 2.46. The van der Waals surface area contributed by atoms with Gasteiger partial charge in [0.2, 0.25) is 5.91 Å². The average molecular weight is 402 g/mol. The summed E-state index contributed by atoms with van der Waals surface area (Å²) in [6, 6.07) is 1.94. The Bertz CT molecular complexity index is 770. The van der Waals surface area contributed by atoms with E-state index in [1.807, 2.05) is 17.9 Å². The maximum Gasteiger partial charge on any atom is 0.416 e. The smallest absolute Gasteiger partial charge is 0.416 e. The molecule has 2 aliphatic heterocycles. The number of aryl methyl sites for hydroxylation is 1. The predicted octanol–water partition coefficient (Wildman–Crippen LogP) is 2.80. The summed E-state index contributed by atoms with van der Waals surface area (Å²) in [6.07, 6.45) is 6.68. The van der Waals surface area contributed by atoms with Crippen molar-refractivity contribution >= 4 is 17.8 Å². The Kier molecular flexibility index (Phi) is 5.72. The van der Waals surface area contributed by atoms with Gasteiger partial charge in [0.15, 0.2) is 0 Å². The van der Waals surface area contributed by atoms with Gasteiger partial charge in [-0.25, -0.2) is 14.8 Å². The van der Waals surface area contributed by atoms with Crippen LogP contribution >= 0.6 is 0 Å². The Labute approximate surface area is 171 Å². The lowest BCUT2D eigenvalue weighted by Crippen LogP contribution is -2.40. The van der Waals surface area contributed by atoms with Crippen LogP contribution in [0.3, 0.4) is 0 Å². The highest BCUT2D eigenvalue weighted by Crippen LogP contribution is 2.39. The van der Waals surface area contributed by atoms with Crippen molar-refractivity contribution in [3.63, 3.8) is 0 Å². The first-order valence-corrected chi connectivity index (χ1v) is 10.6. The van der Waals surface area contributed by atoms with Crippen LogP contribution in [0.4, 0.5) is 10.6 Å². The van der Waals surface area contributed by atoms with Crippen molar-refractivity contribution in [1.82, 2.24) is 14.9 Å². The minimum absolute atomic E-state index is 0.0306. The number of likely N-dealkylation sites (tertiary alicyclic amines) is 1. The number of carbonyl (C=O) groups is 2. The van der Waals surface area contributed by atoms with E-state index >= 15 is 0 Å². The van der Waals surface area contributed by atoms with Crippen LogP contribution in [-0.4, -0.2) is 65.8 Å². The molecule has 3 heterocycles. The van der Waals surface area contributed by atoms with Gasteiger partial charge in [-0.05, 0) is 45.4 Å². The molecule has 3 aliphatic rings. The molecule has 29 heavy (non-hydrogen) atoms. The monoisotopic (exact) mass is 402 g/mol. The molecule has 8 heteroatoms. The van der Waals surface area contributed by atoms with Crippen molar-refractivity contribution in [2.45, 2.75) is 63.4 Å². The fourth-order valence-corrected chi connectivity index (χ4v) is 4.82. The third-order valence-corrected chi connectivity index (χ3v) is 6.39. The molecule has 0 N–H and O–H groups in total. The summed E-state index contributed by atoms with van der Waals surface area (Å²) in [7, 11) is 1.54. The normalized spacial score (nSPS) is 22.2. The molecule has 0 bridgehead atoms. The van der Waals surface area contributed by atoms with Crippen molar-refractivity contribution in [1.29, 1.82) is 0 Å². The van der Waals surface area contributed by atoms with Crippen molar-refractivity contribution in [2.24, 2.45) is 0 Å². The van der Waals surface area contributed by atoms with Crippen molar-refractivity contribution in [3.8, 4) is 0 Å². The second-order valence-electron chi connectivity index (χ2n) is 8.48. The van der Waals surface area contributed by atoms with Gasteiger partial charge in [0.05, 0.1) is 6.54 Å². The van der Waals surface area contributed by atoms with Gasteiger partial charge in [0.25, 0.3) is 0 Å². The second-order valence-corrected chi connectivity index (χ2v) is 8.48. The van der Waals surface area contributed by atoms with E-state index in [2.05, 4.69) is 9.97 Å². The zero-order valence-electron chi connectivity index (χ0n) is 17.4. The zero-order chi connectivity index (χ0) is 20.4. The lowest BCUT2D eigenvalue weighted by molar-refractivity contribution is -0.136. The van der Waals surface area contributed by atoms with Crippen LogP contribution in [0.25, 0.3) is 0 Å². The number of anilines is 1. The number of piperidine rings is 1. The van der Waals surface area contributed by atoms with E-state index in [4.69, 9.17) is 9.47 Å². The summed E-state index contributed by atoms with van der Waals surface area (Å²) in [4.78, 5) is 37.4. The van der Waals surface area contributed by atoms with Gasteiger partial charge < -0.3 is 14.4 Å². The summed E-state index contributed by atoms with van der Waals surface area (Å²) >= 11 is 0. The number of methoxy groups -OCH3 is 1. The molecule has 1 aromatic heterocycles. The lowest BCUT2D eigenvalue weighted by Gasteiger charge is -2.32. The molecule has 4 rings (SSSR count). The maximum absolute atomic E-state index is 12.6. The molecule has 158 valence electrons. The Morgan fingerprint density at radius 2 is 1.97 bits per heavy atom. The third kappa shape index (κ3) is 4.22. The number of carbonyl (C=O) groups excluding carboxylic acids is 2. The van der Waals surface area contributed by atoms with Gasteiger partial charge in [-0.15, -0.1) is 0 Å². The molecule has 0 atom stereocenters. The number of amides is 2. The lowest BCUT2D eigenvalue weighted by atomic mass is 9.85. The van der Waals surface area contributed by atoms with Gasteiger partial charge in [0, 0.05) is 37.9 Å². The summed E-state index contributed by atoms with van der Waals surface area (Å²) in [5, 5.41) is 0. The number of rotatable bonds is 4. The SMILES string of the molecule is COCC(=O)N1CCC(c2cc(N3CC4(CCCCC4)OC3=O)nc(C)n2)CC1. The van der Waals surface area contributed by atoms with Crippen LogP contribution in [0, 0.1) is 6.92 Å². The highest BCUT2D eigenvalue weighted by atomic mass is 16.6. The van der Waals surface area contributed by atoms with Crippen LogP contribution in [0.5, 0.6) is 0 Å². The second kappa shape index (κ2) is 8.26. The van der Waals surface area contributed by atoms with E-state index < -0.39 is 0 Å². The first-order valence-electron chi connectivity index (χ1n) is 10.6. The summed E-state index contributed by atoms with van der Waals surface area (Å²) < 4.78 is 10.8. The van der Waals surface area contributed by atoms with Crippen LogP contribution in [0.2, 0.25) is 0 Å². The molecule has 3 fully saturated rings. The highest BCUT2D eigenvalue weighted by molar-refractivity contribution is 5.89. The van der Waals surface area contributed by atoms with E-state index in [9.17, 15) is 9.59 Å². The van der Waals surface area contributed by atoms with Gasteiger partial charge in [0.1, 0.15) is 23.9 Å². The number of hydrogen-bond donors (Lipinski definition) is 0. The molecule has 1 aromatic rings. The zero-order valence-corrected chi connectivity index (χ0v) is 17.4. The predicted molar refractivity (Wildman–Crippen MR) is 107 cm³/mol. The molecule has 1 aliphatic carbocycles. The molecule has 0 aromatic carbocycles. The standard InChI is InChI=1S/C21H30N4O4/c1-15-22-17(16-6-10-24(11-7-16)19(26)13-28-2)12-18(23-15)25-14-21(29-20(25)27)8-4-3-5-9-21/h12,16H,3-11,13-14H2,1-2H3. The molecule has 1 spiro atoms. The van der Waals surface area contributed by atoms with E-state index in [-0.39, 0.29) is 30.1 Å². The Morgan fingerprint density at radius 1 is 1.24 bits per heavy atom. The number of hydrogen-bond acceptors (Lipinski definition) is 6. The van der Waals surface area contributed by atoms with E-state index in [0.717, 1.165) is 44.2 Å². The maximum atomic E-state index is 12.6. The van der Waals surface area contributed by atoms with E-state index in [1.54, 1.807) is 4.90 Å². The largest absolute Gasteiger partial charge is 0.441 e. The van der Waals surface area contributed by atoms with Crippen molar-refractivity contribution in [3.05, 3.63) is 17.6 Å². The van der Waals surface area contributed by atoms with Crippen LogP contribution in [0.15, 0.2) is 6.07 Å². The summed E-state index contributed by atoms with van der Waals surface area (Å²) in [5.74, 6) is 1.58. The van der Waals surface area contributed by atoms with E-state index in [1.165, 1.54) is 13.5 Å². The molecule has 0 radical (unpaired) electrons. The van der Waals surface area contributed by atoms with Crippen LogP contribution < -0.4 is 4.90 Å².